The molecule has 3 rings (SSSR count). The number of nitrogens with one attached hydrogen (secondary N) is 1. The van der Waals surface area contributed by atoms with Gasteiger partial charge in [-0.05, 0) is 49.2 Å². The van der Waals surface area contributed by atoms with E-state index in [1.54, 1.807) is 18.3 Å². The number of anilines is 2. The van der Waals surface area contributed by atoms with Crippen molar-refractivity contribution in [3.05, 3.63) is 54.2 Å². The normalized spacial score (nSPS) is 18.0. The summed E-state index contributed by atoms with van der Waals surface area (Å²) < 4.78 is 0. The van der Waals surface area contributed by atoms with Crippen LogP contribution in [0.1, 0.15) is 23.2 Å². The number of carboxylic acids is 1. The molecule has 114 valence electrons. The SMILES string of the molecule is O=C(O)c1ccc(N2CCC[C@H](Nc3ccccn3)C2)cc1. The lowest BCUT2D eigenvalue weighted by atomic mass is 10.0. The first kappa shape index (κ1) is 14.4. The third-order valence-electron chi connectivity index (χ3n) is 3.92. The number of carbonyl (C=O) groups is 1. The Balaban J connectivity index is 1.66. The van der Waals surface area contributed by atoms with Gasteiger partial charge < -0.3 is 15.3 Å². The van der Waals surface area contributed by atoms with Gasteiger partial charge in [0.05, 0.1) is 5.56 Å². The van der Waals surface area contributed by atoms with Crippen LogP contribution in [0.2, 0.25) is 0 Å². The number of carboxylic acid groups (broad SMARTS) is 1. The van der Waals surface area contributed by atoms with Crippen LogP contribution in [-0.2, 0) is 0 Å². The first-order chi connectivity index (χ1) is 10.7. The first-order valence-electron chi connectivity index (χ1n) is 7.48. The lowest BCUT2D eigenvalue weighted by Gasteiger charge is -2.35. The zero-order valence-electron chi connectivity index (χ0n) is 12.3. The minimum atomic E-state index is -0.889. The Morgan fingerprint density at radius 2 is 2.05 bits per heavy atom. The third-order valence-corrected chi connectivity index (χ3v) is 3.92. The molecule has 22 heavy (non-hydrogen) atoms. The minimum absolute atomic E-state index is 0.323. The second kappa shape index (κ2) is 6.47. The summed E-state index contributed by atoms with van der Waals surface area (Å²) in [4.78, 5) is 17.5. The molecule has 0 bridgehead atoms. The fraction of sp³-hybridized carbons (Fsp3) is 0.294. The van der Waals surface area contributed by atoms with Crippen LogP contribution in [-0.4, -0.2) is 35.2 Å². The van der Waals surface area contributed by atoms with Gasteiger partial charge in [-0.2, -0.15) is 0 Å². The number of aromatic nitrogens is 1. The maximum atomic E-state index is 10.9. The van der Waals surface area contributed by atoms with Crippen LogP contribution in [0.4, 0.5) is 11.5 Å². The predicted octanol–water partition coefficient (Wildman–Crippen LogP) is 2.86. The smallest absolute Gasteiger partial charge is 0.335 e. The molecule has 1 atom stereocenters. The van der Waals surface area contributed by atoms with Crippen molar-refractivity contribution in [3.63, 3.8) is 0 Å². The molecule has 1 aliphatic rings. The second-order valence-corrected chi connectivity index (χ2v) is 5.50. The van der Waals surface area contributed by atoms with Crippen molar-refractivity contribution < 1.29 is 9.90 Å². The topological polar surface area (TPSA) is 65.5 Å². The van der Waals surface area contributed by atoms with Crippen LogP contribution >= 0.6 is 0 Å². The molecule has 0 amide bonds. The van der Waals surface area contributed by atoms with Crippen LogP contribution in [0.3, 0.4) is 0 Å². The Bertz CT molecular complexity index is 628. The fourth-order valence-corrected chi connectivity index (χ4v) is 2.80. The number of benzene rings is 1. The average molecular weight is 297 g/mol. The first-order valence-corrected chi connectivity index (χ1v) is 7.48. The van der Waals surface area contributed by atoms with E-state index in [0.29, 0.717) is 11.6 Å². The standard InChI is InChI=1S/C17H19N3O2/c21-17(22)13-6-8-15(9-7-13)20-11-3-4-14(12-20)19-16-5-1-2-10-18-16/h1-2,5-10,14H,3-4,11-12H2,(H,18,19)(H,21,22)/t14-/m0/s1. The Morgan fingerprint density at radius 3 is 2.73 bits per heavy atom. The number of hydrogen-bond acceptors (Lipinski definition) is 4. The van der Waals surface area contributed by atoms with Crippen molar-refractivity contribution in [3.8, 4) is 0 Å². The molecule has 5 nitrogen and oxygen atoms in total. The highest BCUT2D eigenvalue weighted by atomic mass is 16.4. The molecule has 1 aromatic heterocycles. The Morgan fingerprint density at radius 1 is 1.23 bits per heavy atom. The van der Waals surface area contributed by atoms with Crippen molar-refractivity contribution in [2.24, 2.45) is 0 Å². The van der Waals surface area contributed by atoms with Gasteiger partial charge in [0.1, 0.15) is 5.82 Å². The molecule has 0 aliphatic carbocycles. The molecule has 0 unspecified atom stereocenters. The second-order valence-electron chi connectivity index (χ2n) is 5.50. The highest BCUT2D eigenvalue weighted by Crippen LogP contribution is 2.22. The third kappa shape index (κ3) is 3.36. The van der Waals surface area contributed by atoms with E-state index in [0.717, 1.165) is 37.4 Å². The molecule has 1 saturated heterocycles. The maximum absolute atomic E-state index is 10.9. The summed E-state index contributed by atoms with van der Waals surface area (Å²) >= 11 is 0. The van der Waals surface area contributed by atoms with Gasteiger partial charge in [0, 0.05) is 31.0 Å². The average Bonchev–Trinajstić information content (AvgIpc) is 2.56. The van der Waals surface area contributed by atoms with E-state index in [-0.39, 0.29) is 0 Å². The molecule has 0 spiro atoms. The van der Waals surface area contributed by atoms with E-state index in [9.17, 15) is 4.79 Å². The van der Waals surface area contributed by atoms with Gasteiger partial charge in [-0.3, -0.25) is 0 Å². The summed E-state index contributed by atoms with van der Waals surface area (Å²) in [6, 6.07) is 13.3. The monoisotopic (exact) mass is 297 g/mol. The van der Waals surface area contributed by atoms with E-state index in [1.165, 1.54) is 0 Å². The number of pyridine rings is 1. The Hall–Kier alpha value is -2.56. The van der Waals surface area contributed by atoms with Crippen LogP contribution in [0, 0.1) is 0 Å². The zero-order chi connectivity index (χ0) is 15.4. The number of nitrogens with zero attached hydrogens (tertiary/aromatic N) is 2. The molecular weight excluding hydrogens is 278 g/mol. The Kier molecular flexibility index (Phi) is 4.23. The van der Waals surface area contributed by atoms with Crippen LogP contribution in [0.15, 0.2) is 48.7 Å². The van der Waals surface area contributed by atoms with Crippen LogP contribution in [0.25, 0.3) is 0 Å². The van der Waals surface area contributed by atoms with Crippen molar-refractivity contribution in [1.29, 1.82) is 0 Å². The van der Waals surface area contributed by atoms with Gasteiger partial charge in [0.25, 0.3) is 0 Å². The summed E-state index contributed by atoms with van der Waals surface area (Å²) in [5, 5.41) is 12.4. The number of aromatic carboxylic acids is 1. The summed E-state index contributed by atoms with van der Waals surface area (Å²) in [5.41, 5.74) is 1.39. The van der Waals surface area contributed by atoms with Crippen LogP contribution in [0.5, 0.6) is 0 Å². The zero-order valence-corrected chi connectivity index (χ0v) is 12.3. The quantitative estimate of drug-likeness (QED) is 0.908. The van der Waals surface area contributed by atoms with Crippen molar-refractivity contribution in [2.45, 2.75) is 18.9 Å². The van der Waals surface area contributed by atoms with Crippen molar-refractivity contribution in [2.75, 3.05) is 23.3 Å². The molecule has 2 N–H and O–H groups in total. The summed E-state index contributed by atoms with van der Waals surface area (Å²) in [7, 11) is 0. The van der Waals surface area contributed by atoms with E-state index >= 15 is 0 Å². The van der Waals surface area contributed by atoms with E-state index < -0.39 is 5.97 Å². The van der Waals surface area contributed by atoms with Gasteiger partial charge in [-0.25, -0.2) is 9.78 Å². The predicted molar refractivity (Wildman–Crippen MR) is 86.5 cm³/mol. The molecule has 1 aromatic carbocycles. The summed E-state index contributed by atoms with van der Waals surface area (Å²) in [6.07, 6.45) is 4.00. The molecule has 2 heterocycles. The van der Waals surface area contributed by atoms with Gasteiger partial charge in [-0.15, -0.1) is 0 Å². The van der Waals surface area contributed by atoms with E-state index in [1.807, 2.05) is 30.3 Å². The summed E-state index contributed by atoms with van der Waals surface area (Å²) in [5.74, 6) is 0.00969. The van der Waals surface area contributed by atoms with Crippen molar-refractivity contribution in [1.82, 2.24) is 4.98 Å². The van der Waals surface area contributed by atoms with Gasteiger partial charge >= 0.3 is 5.97 Å². The lowest BCUT2D eigenvalue weighted by Crippen LogP contribution is -2.42. The molecule has 2 aromatic rings. The van der Waals surface area contributed by atoms with Crippen LogP contribution < -0.4 is 10.2 Å². The number of rotatable bonds is 4. The highest BCUT2D eigenvalue weighted by Gasteiger charge is 2.20. The number of hydrogen-bond donors (Lipinski definition) is 2. The van der Waals surface area contributed by atoms with Gasteiger partial charge in [-0.1, -0.05) is 6.07 Å². The highest BCUT2D eigenvalue weighted by molar-refractivity contribution is 5.88. The summed E-state index contributed by atoms with van der Waals surface area (Å²) in [6.45, 7) is 1.88. The maximum Gasteiger partial charge on any atom is 0.335 e. The lowest BCUT2D eigenvalue weighted by molar-refractivity contribution is 0.0697. The molecule has 5 heteroatoms. The van der Waals surface area contributed by atoms with E-state index in [4.69, 9.17) is 5.11 Å². The molecular formula is C17H19N3O2. The molecule has 1 fully saturated rings. The molecule has 0 saturated carbocycles. The number of piperidine rings is 1. The fourth-order valence-electron chi connectivity index (χ4n) is 2.80. The molecule has 0 radical (unpaired) electrons. The van der Waals surface area contributed by atoms with Gasteiger partial charge in [0.2, 0.25) is 0 Å². The Labute approximate surface area is 129 Å². The molecule has 1 aliphatic heterocycles. The van der Waals surface area contributed by atoms with Crippen molar-refractivity contribution >= 4 is 17.5 Å². The van der Waals surface area contributed by atoms with E-state index in [2.05, 4.69) is 15.2 Å². The van der Waals surface area contributed by atoms with Gasteiger partial charge in [0.15, 0.2) is 0 Å². The largest absolute Gasteiger partial charge is 0.478 e. The minimum Gasteiger partial charge on any atom is -0.478 e.